The monoisotopic (exact) mass is 293 g/mol. The van der Waals surface area contributed by atoms with E-state index in [0.29, 0.717) is 0 Å². The third-order valence-electron chi connectivity index (χ3n) is 2.55. The number of hydrogen-bond acceptors (Lipinski definition) is 5. The molecule has 21 heavy (non-hydrogen) atoms. The van der Waals surface area contributed by atoms with Crippen molar-refractivity contribution in [1.29, 1.82) is 0 Å². The van der Waals surface area contributed by atoms with E-state index >= 15 is 0 Å². The van der Waals surface area contributed by atoms with Crippen LogP contribution in [0.1, 0.15) is 41.5 Å². The Hall–Kier alpha value is -2.90. The molecule has 1 aromatic rings. The molecule has 0 saturated carbocycles. The first-order valence-electron chi connectivity index (χ1n) is 5.91. The molecule has 1 aromatic carbocycles. The highest BCUT2D eigenvalue weighted by Crippen LogP contribution is 2.33. The molecule has 0 aromatic heterocycles. The van der Waals surface area contributed by atoms with Crippen LogP contribution in [-0.4, -0.2) is 28.7 Å². The molecule has 2 amide bonds. The number of carbonyl (C=O) groups excluding carboxylic acids is 3. The molecule has 0 atom stereocenters. The standard InChI is InChI=1S/C13H15N3O5/c1-5(17)10-8(15-6(2)18)4-9(16-7(3)19)11(12(10)14)13(20)21/h4H,14H2,1-3H3,(H,15,18)(H,16,19)(H,20,21). The predicted molar refractivity (Wildman–Crippen MR) is 76.4 cm³/mol. The van der Waals surface area contributed by atoms with Crippen molar-refractivity contribution in [1.82, 2.24) is 0 Å². The van der Waals surface area contributed by atoms with Gasteiger partial charge in [-0.25, -0.2) is 4.79 Å². The molecule has 0 fully saturated rings. The lowest BCUT2D eigenvalue weighted by Crippen LogP contribution is -2.18. The van der Waals surface area contributed by atoms with Crippen molar-refractivity contribution in [3.63, 3.8) is 0 Å². The van der Waals surface area contributed by atoms with Crippen LogP contribution in [0.2, 0.25) is 0 Å². The molecule has 5 N–H and O–H groups in total. The lowest BCUT2D eigenvalue weighted by Gasteiger charge is -2.16. The summed E-state index contributed by atoms with van der Waals surface area (Å²) < 4.78 is 0. The van der Waals surface area contributed by atoms with Gasteiger partial charge in [-0.05, 0) is 13.0 Å². The van der Waals surface area contributed by atoms with E-state index in [1.165, 1.54) is 26.8 Å². The number of nitrogen functional groups attached to an aromatic ring is 1. The average Bonchev–Trinajstić information content (AvgIpc) is 2.24. The molecule has 0 aliphatic heterocycles. The summed E-state index contributed by atoms with van der Waals surface area (Å²) in [6.45, 7) is 3.61. The summed E-state index contributed by atoms with van der Waals surface area (Å²) >= 11 is 0. The molecule has 0 bridgehead atoms. The van der Waals surface area contributed by atoms with Gasteiger partial charge in [0.1, 0.15) is 5.56 Å². The molecule has 0 aliphatic carbocycles. The fourth-order valence-corrected chi connectivity index (χ4v) is 1.89. The number of rotatable bonds is 4. The van der Waals surface area contributed by atoms with Gasteiger partial charge in [-0.15, -0.1) is 0 Å². The number of carboxylic acid groups (broad SMARTS) is 1. The first kappa shape index (κ1) is 16.2. The molecule has 0 aliphatic rings. The van der Waals surface area contributed by atoms with E-state index in [4.69, 9.17) is 5.73 Å². The summed E-state index contributed by atoms with van der Waals surface area (Å²) in [5.74, 6) is -2.88. The predicted octanol–water partition coefficient (Wildman–Crippen LogP) is 1.09. The van der Waals surface area contributed by atoms with Crippen molar-refractivity contribution in [2.75, 3.05) is 16.4 Å². The van der Waals surface area contributed by atoms with Crippen LogP contribution in [0.3, 0.4) is 0 Å². The number of hydrogen-bond donors (Lipinski definition) is 4. The lowest BCUT2D eigenvalue weighted by molar-refractivity contribution is -0.115. The SMILES string of the molecule is CC(=O)Nc1cc(NC(C)=O)c(C(=O)O)c(N)c1C(C)=O. The van der Waals surface area contributed by atoms with Crippen molar-refractivity contribution in [2.24, 2.45) is 0 Å². The zero-order chi connectivity index (χ0) is 16.3. The summed E-state index contributed by atoms with van der Waals surface area (Å²) in [6, 6.07) is 1.19. The molecular weight excluding hydrogens is 278 g/mol. The number of anilines is 3. The minimum Gasteiger partial charge on any atom is -0.478 e. The molecule has 112 valence electrons. The van der Waals surface area contributed by atoms with E-state index < -0.39 is 29.1 Å². The number of amides is 2. The average molecular weight is 293 g/mol. The zero-order valence-corrected chi connectivity index (χ0v) is 11.7. The van der Waals surface area contributed by atoms with Crippen LogP contribution in [0.5, 0.6) is 0 Å². The number of carboxylic acids is 1. The normalized spacial score (nSPS) is 9.86. The number of ketones is 1. The van der Waals surface area contributed by atoms with Crippen LogP contribution in [0.15, 0.2) is 6.07 Å². The number of carbonyl (C=O) groups is 4. The van der Waals surface area contributed by atoms with Crippen LogP contribution in [0, 0.1) is 0 Å². The third-order valence-corrected chi connectivity index (χ3v) is 2.55. The fraction of sp³-hybridized carbons (Fsp3) is 0.231. The van der Waals surface area contributed by atoms with Crippen molar-refractivity contribution < 1.29 is 24.3 Å². The van der Waals surface area contributed by atoms with Crippen molar-refractivity contribution >= 4 is 40.6 Å². The van der Waals surface area contributed by atoms with E-state index in [2.05, 4.69) is 10.6 Å². The van der Waals surface area contributed by atoms with Gasteiger partial charge in [0.2, 0.25) is 11.8 Å². The lowest BCUT2D eigenvalue weighted by atomic mass is 9.99. The van der Waals surface area contributed by atoms with Crippen molar-refractivity contribution in [3.05, 3.63) is 17.2 Å². The third kappa shape index (κ3) is 3.56. The summed E-state index contributed by atoms with van der Waals surface area (Å²) in [6.07, 6.45) is 0. The Morgan fingerprint density at radius 1 is 0.952 bits per heavy atom. The number of nitrogens with two attached hydrogens (primary N) is 1. The maximum Gasteiger partial charge on any atom is 0.339 e. The highest BCUT2D eigenvalue weighted by molar-refractivity contribution is 6.15. The smallest absolute Gasteiger partial charge is 0.339 e. The van der Waals surface area contributed by atoms with Crippen molar-refractivity contribution in [2.45, 2.75) is 20.8 Å². The quantitative estimate of drug-likeness (QED) is 0.484. The molecule has 0 heterocycles. The minimum atomic E-state index is -1.40. The maximum atomic E-state index is 11.7. The van der Waals surface area contributed by atoms with Crippen LogP contribution in [0.4, 0.5) is 17.1 Å². The Bertz CT molecular complexity index is 599. The van der Waals surface area contributed by atoms with E-state index in [0.717, 1.165) is 0 Å². The molecular formula is C13H15N3O5. The topological polar surface area (TPSA) is 139 Å². The summed E-state index contributed by atoms with van der Waals surface area (Å²) in [7, 11) is 0. The number of nitrogens with one attached hydrogen (secondary N) is 2. The van der Waals surface area contributed by atoms with E-state index in [-0.39, 0.29) is 22.6 Å². The fourth-order valence-electron chi connectivity index (χ4n) is 1.89. The Balaban J connectivity index is 3.69. The molecule has 8 heteroatoms. The highest BCUT2D eigenvalue weighted by atomic mass is 16.4. The minimum absolute atomic E-state index is 0.0428. The molecule has 1 rings (SSSR count). The number of benzene rings is 1. The molecule has 0 radical (unpaired) electrons. The van der Waals surface area contributed by atoms with Gasteiger partial charge in [-0.1, -0.05) is 0 Å². The Kier molecular flexibility index (Phi) is 4.64. The van der Waals surface area contributed by atoms with E-state index in [9.17, 15) is 24.3 Å². The Morgan fingerprint density at radius 3 is 1.71 bits per heavy atom. The van der Waals surface area contributed by atoms with Crippen LogP contribution < -0.4 is 16.4 Å². The largest absolute Gasteiger partial charge is 0.478 e. The van der Waals surface area contributed by atoms with Gasteiger partial charge >= 0.3 is 5.97 Å². The van der Waals surface area contributed by atoms with Gasteiger partial charge in [0.05, 0.1) is 22.6 Å². The van der Waals surface area contributed by atoms with Crippen LogP contribution in [0.25, 0.3) is 0 Å². The van der Waals surface area contributed by atoms with Gasteiger partial charge < -0.3 is 21.5 Å². The summed E-state index contributed by atoms with van der Waals surface area (Å²) in [5, 5.41) is 13.9. The van der Waals surface area contributed by atoms with Crippen molar-refractivity contribution in [3.8, 4) is 0 Å². The van der Waals surface area contributed by atoms with Crippen LogP contribution in [-0.2, 0) is 9.59 Å². The van der Waals surface area contributed by atoms with E-state index in [1.807, 2.05) is 0 Å². The maximum absolute atomic E-state index is 11.7. The highest BCUT2D eigenvalue weighted by Gasteiger charge is 2.24. The Labute approximate surface area is 120 Å². The summed E-state index contributed by atoms with van der Waals surface area (Å²) in [4.78, 5) is 45.3. The zero-order valence-electron chi connectivity index (χ0n) is 11.7. The Morgan fingerprint density at radius 2 is 1.38 bits per heavy atom. The molecule has 0 spiro atoms. The molecule has 0 unspecified atom stereocenters. The first-order valence-corrected chi connectivity index (χ1v) is 5.91. The number of Topliss-reactive ketones (excluding diaryl/α,β-unsaturated/α-hetero) is 1. The molecule has 8 nitrogen and oxygen atoms in total. The van der Waals surface area contributed by atoms with Gasteiger partial charge in [0.25, 0.3) is 0 Å². The van der Waals surface area contributed by atoms with Gasteiger partial charge in [-0.3, -0.25) is 14.4 Å². The summed E-state index contributed by atoms with van der Waals surface area (Å²) in [5.41, 5.74) is 4.85. The van der Waals surface area contributed by atoms with Gasteiger partial charge in [-0.2, -0.15) is 0 Å². The second kappa shape index (κ2) is 6.04. The van der Waals surface area contributed by atoms with Gasteiger partial charge in [0, 0.05) is 13.8 Å². The first-order chi connectivity index (χ1) is 9.65. The molecule has 0 saturated heterocycles. The number of aromatic carboxylic acids is 1. The second-order valence-electron chi connectivity index (χ2n) is 4.36. The van der Waals surface area contributed by atoms with Gasteiger partial charge in [0.15, 0.2) is 5.78 Å². The second-order valence-corrected chi connectivity index (χ2v) is 4.36. The van der Waals surface area contributed by atoms with E-state index in [1.54, 1.807) is 0 Å². The van der Waals surface area contributed by atoms with Crippen LogP contribution >= 0.6 is 0 Å².